The molecule has 1 N–H and O–H groups in total. The minimum absolute atomic E-state index is 0.350. The third kappa shape index (κ3) is 3.48. The van der Waals surface area contributed by atoms with Crippen LogP contribution >= 0.6 is 0 Å². The molecule has 4 atom stereocenters. The maximum absolute atomic E-state index is 10.4. The van der Waals surface area contributed by atoms with Gasteiger partial charge in [0.2, 0.25) is 11.7 Å². The van der Waals surface area contributed by atoms with E-state index in [0.29, 0.717) is 6.42 Å². The van der Waals surface area contributed by atoms with E-state index in [2.05, 4.69) is 25.1 Å². The lowest BCUT2D eigenvalue weighted by Gasteiger charge is -2.48. The summed E-state index contributed by atoms with van der Waals surface area (Å²) in [6.45, 7) is 3.90. The maximum Gasteiger partial charge on any atom is 0.218 e. The van der Waals surface area contributed by atoms with Gasteiger partial charge in [-0.25, -0.2) is 0 Å². The van der Waals surface area contributed by atoms with Gasteiger partial charge in [0.25, 0.3) is 0 Å². The van der Waals surface area contributed by atoms with Crippen molar-refractivity contribution in [2.45, 2.75) is 83.0 Å². The summed E-state index contributed by atoms with van der Waals surface area (Å²) in [6.07, 6.45) is 7.37. The number of nitrogens with one attached hydrogen (secondary N) is 1. The molecule has 2 heterocycles. The molecule has 6 nitrogen and oxygen atoms in total. The van der Waals surface area contributed by atoms with Crippen molar-refractivity contribution >= 4 is 5.90 Å². The SMILES string of the molecule is CCCCCCCCCC1OC2(C)OC(=N)C(C#N)(C2c2ccccc2)C1(C#N)C#N. The molecule has 3 rings (SSSR count). The zero-order valence-corrected chi connectivity index (χ0v) is 18.4. The Bertz CT molecular complexity index is 912. The smallest absolute Gasteiger partial charge is 0.218 e. The summed E-state index contributed by atoms with van der Waals surface area (Å²) in [6, 6.07) is 15.6. The Kier molecular flexibility index (Phi) is 6.68. The highest BCUT2D eigenvalue weighted by Gasteiger charge is 2.79. The Morgan fingerprint density at radius 1 is 0.935 bits per heavy atom. The van der Waals surface area contributed by atoms with Crippen LogP contribution in [-0.2, 0) is 9.47 Å². The van der Waals surface area contributed by atoms with Gasteiger partial charge < -0.3 is 9.47 Å². The summed E-state index contributed by atoms with van der Waals surface area (Å²) in [7, 11) is 0. The van der Waals surface area contributed by atoms with Gasteiger partial charge in [-0.3, -0.25) is 5.41 Å². The van der Waals surface area contributed by atoms with E-state index in [4.69, 9.17) is 14.9 Å². The van der Waals surface area contributed by atoms with Crippen LogP contribution in [0.25, 0.3) is 0 Å². The lowest BCUT2D eigenvalue weighted by molar-refractivity contribution is -0.251. The molecule has 0 aliphatic carbocycles. The van der Waals surface area contributed by atoms with E-state index in [1.807, 2.05) is 30.3 Å². The fraction of sp³-hybridized carbons (Fsp3) is 0.600. The fourth-order valence-electron chi connectivity index (χ4n) is 5.30. The minimum atomic E-state index is -1.82. The molecule has 1 aromatic carbocycles. The largest absolute Gasteiger partial charge is 0.447 e. The standard InChI is InChI=1S/C25H30N4O2/c1-3-4-5-6-7-8-12-15-20-24(16-26,17-27)25(18-28)21(19-13-10-9-11-14-19)23(2,30-20)31-22(25)29/h9-11,13-14,20-21,29H,3-8,12,15H2,1-2H3. The van der Waals surface area contributed by atoms with Crippen LogP contribution in [0.1, 0.15) is 76.7 Å². The van der Waals surface area contributed by atoms with Crippen molar-refractivity contribution in [1.82, 2.24) is 0 Å². The predicted octanol–water partition coefficient (Wildman–Crippen LogP) is 5.58. The predicted molar refractivity (Wildman–Crippen MR) is 116 cm³/mol. The lowest BCUT2D eigenvalue weighted by Crippen LogP contribution is -2.60. The Morgan fingerprint density at radius 3 is 2.13 bits per heavy atom. The van der Waals surface area contributed by atoms with Crippen molar-refractivity contribution in [3.63, 3.8) is 0 Å². The second kappa shape index (κ2) is 9.09. The zero-order chi connectivity index (χ0) is 22.5. The number of nitriles is 3. The van der Waals surface area contributed by atoms with Gasteiger partial charge in [-0.2, -0.15) is 15.8 Å². The number of fused-ring (bicyclic) bond motifs is 2. The molecule has 2 saturated heterocycles. The maximum atomic E-state index is 10.4. The first-order valence-electron chi connectivity index (χ1n) is 11.2. The molecule has 162 valence electrons. The van der Waals surface area contributed by atoms with Crippen molar-refractivity contribution in [3.8, 4) is 18.2 Å². The molecule has 1 aromatic rings. The number of unbranched alkanes of at least 4 members (excludes halogenated alkanes) is 6. The van der Waals surface area contributed by atoms with Crippen molar-refractivity contribution in [2.24, 2.45) is 10.8 Å². The normalized spacial score (nSPS) is 30.6. The van der Waals surface area contributed by atoms with E-state index < -0.39 is 28.6 Å². The topological polar surface area (TPSA) is 114 Å². The van der Waals surface area contributed by atoms with Crippen LogP contribution in [0.3, 0.4) is 0 Å². The summed E-state index contributed by atoms with van der Waals surface area (Å²) in [5.41, 5.74) is -2.83. The summed E-state index contributed by atoms with van der Waals surface area (Å²) < 4.78 is 12.1. The van der Waals surface area contributed by atoms with Crippen LogP contribution in [-0.4, -0.2) is 17.8 Å². The monoisotopic (exact) mass is 418 g/mol. The summed E-state index contributed by atoms with van der Waals surface area (Å²) in [5, 5.41) is 39.4. The van der Waals surface area contributed by atoms with Crippen LogP contribution in [0, 0.1) is 50.2 Å². The van der Waals surface area contributed by atoms with E-state index >= 15 is 0 Å². The minimum Gasteiger partial charge on any atom is -0.447 e. The molecule has 0 radical (unpaired) electrons. The van der Waals surface area contributed by atoms with Crippen molar-refractivity contribution in [3.05, 3.63) is 35.9 Å². The van der Waals surface area contributed by atoms with Crippen molar-refractivity contribution < 1.29 is 9.47 Å². The molecule has 2 aliphatic heterocycles. The second-order valence-electron chi connectivity index (χ2n) is 8.76. The highest BCUT2D eigenvalue weighted by atomic mass is 16.7. The molecule has 2 aliphatic rings. The molecule has 31 heavy (non-hydrogen) atoms. The Balaban J connectivity index is 1.93. The van der Waals surface area contributed by atoms with Gasteiger partial charge in [-0.05, 0) is 12.0 Å². The highest BCUT2D eigenvalue weighted by Crippen LogP contribution is 2.66. The van der Waals surface area contributed by atoms with E-state index in [9.17, 15) is 15.8 Å². The number of ether oxygens (including phenoxy) is 2. The fourth-order valence-corrected chi connectivity index (χ4v) is 5.30. The van der Waals surface area contributed by atoms with Gasteiger partial charge in [0.1, 0.15) is 0 Å². The van der Waals surface area contributed by atoms with Crippen molar-refractivity contribution in [1.29, 1.82) is 21.2 Å². The van der Waals surface area contributed by atoms with Gasteiger partial charge in [-0.15, -0.1) is 0 Å². The third-order valence-corrected chi connectivity index (χ3v) is 6.83. The average molecular weight is 419 g/mol. The summed E-state index contributed by atoms with van der Waals surface area (Å²) in [4.78, 5) is 0. The van der Waals surface area contributed by atoms with Gasteiger partial charge in [0, 0.05) is 6.92 Å². The number of nitrogens with zero attached hydrogens (tertiary/aromatic N) is 3. The summed E-state index contributed by atoms with van der Waals surface area (Å²) >= 11 is 0. The Hall–Kier alpha value is -2.88. The van der Waals surface area contributed by atoms with Gasteiger partial charge in [0.05, 0.1) is 30.2 Å². The first-order chi connectivity index (χ1) is 15.0. The zero-order valence-electron chi connectivity index (χ0n) is 18.4. The number of hydrogen-bond acceptors (Lipinski definition) is 6. The van der Waals surface area contributed by atoms with Gasteiger partial charge in [0.15, 0.2) is 10.8 Å². The van der Waals surface area contributed by atoms with Crippen LogP contribution in [0.4, 0.5) is 0 Å². The van der Waals surface area contributed by atoms with E-state index in [-0.39, 0.29) is 5.90 Å². The molecule has 0 spiro atoms. The van der Waals surface area contributed by atoms with Gasteiger partial charge in [-0.1, -0.05) is 82.2 Å². The van der Waals surface area contributed by atoms with Gasteiger partial charge >= 0.3 is 0 Å². The van der Waals surface area contributed by atoms with Crippen molar-refractivity contribution in [2.75, 3.05) is 0 Å². The Labute approximate surface area is 184 Å². The van der Waals surface area contributed by atoms with Crippen LogP contribution in [0.5, 0.6) is 0 Å². The first-order valence-corrected chi connectivity index (χ1v) is 11.2. The highest BCUT2D eigenvalue weighted by molar-refractivity contribution is 5.90. The molecule has 2 bridgehead atoms. The molecule has 6 heteroatoms. The van der Waals surface area contributed by atoms with Crippen LogP contribution < -0.4 is 0 Å². The van der Waals surface area contributed by atoms with Crippen LogP contribution in [0.15, 0.2) is 30.3 Å². The molecule has 4 unspecified atom stereocenters. The van der Waals surface area contributed by atoms with E-state index in [1.54, 1.807) is 6.92 Å². The number of hydrogen-bond donors (Lipinski definition) is 1. The van der Waals surface area contributed by atoms with E-state index in [0.717, 1.165) is 24.8 Å². The molecular weight excluding hydrogens is 388 g/mol. The molecule has 0 amide bonds. The molecule has 0 saturated carbocycles. The molecule has 2 fully saturated rings. The van der Waals surface area contributed by atoms with E-state index in [1.165, 1.54) is 25.7 Å². The third-order valence-electron chi connectivity index (χ3n) is 6.83. The quantitative estimate of drug-likeness (QED) is 0.526. The lowest BCUT2D eigenvalue weighted by atomic mass is 9.52. The second-order valence-corrected chi connectivity index (χ2v) is 8.76. The Morgan fingerprint density at radius 2 is 1.55 bits per heavy atom. The molecular formula is C25H30N4O2. The summed E-state index contributed by atoms with van der Waals surface area (Å²) in [5.74, 6) is -2.38. The van der Waals surface area contributed by atoms with Crippen LogP contribution in [0.2, 0.25) is 0 Å². The molecule has 0 aromatic heterocycles. The number of benzene rings is 1. The first kappa shape index (κ1) is 22.8. The number of rotatable bonds is 9. The average Bonchev–Trinajstić information content (AvgIpc) is 2.97.